The zero-order valence-electron chi connectivity index (χ0n) is 11.9. The quantitative estimate of drug-likeness (QED) is 0.705. The number of benzene rings is 1. The first-order chi connectivity index (χ1) is 9.47. The van der Waals surface area contributed by atoms with Crippen molar-refractivity contribution in [3.8, 4) is 0 Å². The van der Waals surface area contributed by atoms with Gasteiger partial charge in [0, 0.05) is 12.6 Å². The van der Waals surface area contributed by atoms with E-state index in [1.165, 1.54) is 0 Å². The van der Waals surface area contributed by atoms with Gasteiger partial charge in [-0.1, -0.05) is 44.2 Å². The van der Waals surface area contributed by atoms with Crippen LogP contribution in [0.1, 0.15) is 31.9 Å². The Morgan fingerprint density at radius 1 is 1.30 bits per heavy atom. The molecule has 1 aromatic carbocycles. The number of nitrogens with two attached hydrogens (primary N) is 1. The summed E-state index contributed by atoms with van der Waals surface area (Å²) in [6, 6.07) is 8.98. The molecule has 0 fully saturated rings. The third-order valence-corrected chi connectivity index (χ3v) is 3.50. The number of carboxylic acid groups (broad SMARTS) is 1. The van der Waals surface area contributed by atoms with Gasteiger partial charge in [-0.15, -0.1) is 0 Å². The summed E-state index contributed by atoms with van der Waals surface area (Å²) in [6.07, 6.45) is 0.481. The minimum atomic E-state index is -0.896. The first-order valence-corrected chi connectivity index (χ1v) is 6.78. The Bertz CT molecular complexity index is 448. The predicted molar refractivity (Wildman–Crippen MR) is 77.0 cm³/mol. The first kappa shape index (κ1) is 16.2. The van der Waals surface area contributed by atoms with E-state index >= 15 is 0 Å². The van der Waals surface area contributed by atoms with Crippen molar-refractivity contribution in [2.75, 3.05) is 6.54 Å². The molecule has 1 amide bonds. The fourth-order valence-electron chi connectivity index (χ4n) is 1.92. The number of aliphatic carboxylic acids is 1. The summed E-state index contributed by atoms with van der Waals surface area (Å²) in [6.45, 7) is 3.66. The highest BCUT2D eigenvalue weighted by molar-refractivity contribution is 5.80. The van der Waals surface area contributed by atoms with Gasteiger partial charge in [0.2, 0.25) is 5.91 Å². The van der Waals surface area contributed by atoms with Crippen LogP contribution in [0.15, 0.2) is 30.3 Å². The lowest BCUT2D eigenvalue weighted by Gasteiger charge is -2.20. The summed E-state index contributed by atoms with van der Waals surface area (Å²) in [5.74, 6) is -2.09. The van der Waals surface area contributed by atoms with Gasteiger partial charge in [0.05, 0.1) is 11.8 Å². The highest BCUT2D eigenvalue weighted by Crippen LogP contribution is 2.19. The smallest absolute Gasteiger partial charge is 0.308 e. The number of rotatable bonds is 7. The second kappa shape index (κ2) is 7.65. The average molecular weight is 278 g/mol. The van der Waals surface area contributed by atoms with Gasteiger partial charge in [-0.2, -0.15) is 0 Å². The van der Waals surface area contributed by atoms with Gasteiger partial charge in [0.25, 0.3) is 0 Å². The fourth-order valence-corrected chi connectivity index (χ4v) is 1.92. The number of nitrogens with one attached hydrogen (secondary N) is 1. The maximum atomic E-state index is 12.0. The standard InChI is InChI=1S/C15H22N2O3/c1-3-11(15(19)20)9-17-14(18)10(2)13(16)12-7-5-4-6-8-12/h4-8,10-11,13H,3,9,16H2,1-2H3,(H,17,18)(H,19,20). The summed E-state index contributed by atoms with van der Waals surface area (Å²) in [7, 11) is 0. The maximum absolute atomic E-state index is 12.0. The molecular formula is C15H22N2O3. The van der Waals surface area contributed by atoms with Crippen LogP contribution >= 0.6 is 0 Å². The highest BCUT2D eigenvalue weighted by Gasteiger charge is 2.23. The highest BCUT2D eigenvalue weighted by atomic mass is 16.4. The van der Waals surface area contributed by atoms with E-state index in [0.717, 1.165) is 5.56 Å². The van der Waals surface area contributed by atoms with Crippen molar-refractivity contribution in [3.05, 3.63) is 35.9 Å². The molecule has 1 rings (SSSR count). The zero-order valence-corrected chi connectivity index (χ0v) is 11.9. The molecule has 20 heavy (non-hydrogen) atoms. The van der Waals surface area contributed by atoms with Gasteiger partial charge in [0.15, 0.2) is 0 Å². The molecule has 0 heterocycles. The lowest BCUT2D eigenvalue weighted by molar-refractivity contribution is -0.141. The van der Waals surface area contributed by atoms with Crippen LogP contribution < -0.4 is 11.1 Å². The summed E-state index contributed by atoms with van der Waals surface area (Å²) >= 11 is 0. The van der Waals surface area contributed by atoms with Crippen LogP contribution in [0, 0.1) is 11.8 Å². The Hall–Kier alpha value is -1.88. The van der Waals surface area contributed by atoms with Crippen LogP contribution in [0.5, 0.6) is 0 Å². The molecule has 0 saturated carbocycles. The second-order valence-electron chi connectivity index (χ2n) is 4.91. The van der Waals surface area contributed by atoms with E-state index in [1.807, 2.05) is 30.3 Å². The van der Waals surface area contributed by atoms with E-state index < -0.39 is 23.8 Å². The van der Waals surface area contributed by atoms with Crippen LogP contribution in [0.25, 0.3) is 0 Å². The number of hydrogen-bond donors (Lipinski definition) is 3. The van der Waals surface area contributed by atoms with Crippen molar-refractivity contribution in [1.29, 1.82) is 0 Å². The van der Waals surface area contributed by atoms with Crippen molar-refractivity contribution < 1.29 is 14.7 Å². The molecule has 5 nitrogen and oxygen atoms in total. The molecule has 1 aromatic rings. The van der Waals surface area contributed by atoms with Crippen LogP contribution in [0.2, 0.25) is 0 Å². The van der Waals surface area contributed by atoms with Crippen molar-refractivity contribution in [1.82, 2.24) is 5.32 Å². The van der Waals surface area contributed by atoms with Crippen molar-refractivity contribution in [2.45, 2.75) is 26.3 Å². The zero-order chi connectivity index (χ0) is 15.1. The van der Waals surface area contributed by atoms with Crippen LogP contribution in [0.4, 0.5) is 0 Å². The number of amides is 1. The lowest BCUT2D eigenvalue weighted by atomic mass is 9.94. The summed E-state index contributed by atoms with van der Waals surface area (Å²) < 4.78 is 0. The van der Waals surface area contributed by atoms with Crippen LogP contribution in [0.3, 0.4) is 0 Å². The molecule has 0 aliphatic carbocycles. The minimum absolute atomic E-state index is 0.135. The summed E-state index contributed by atoms with van der Waals surface area (Å²) in [4.78, 5) is 22.9. The number of carbonyl (C=O) groups excluding carboxylic acids is 1. The molecule has 0 saturated heterocycles. The molecule has 4 N–H and O–H groups in total. The second-order valence-corrected chi connectivity index (χ2v) is 4.91. The minimum Gasteiger partial charge on any atom is -0.481 e. The van der Waals surface area contributed by atoms with Crippen molar-refractivity contribution >= 4 is 11.9 Å². The normalized spacial score (nSPS) is 15.2. The van der Waals surface area contributed by atoms with Crippen molar-refractivity contribution in [2.24, 2.45) is 17.6 Å². The van der Waals surface area contributed by atoms with Crippen LogP contribution in [-0.2, 0) is 9.59 Å². The van der Waals surface area contributed by atoms with E-state index in [9.17, 15) is 9.59 Å². The molecule has 0 aliphatic heterocycles. The monoisotopic (exact) mass is 278 g/mol. The van der Waals surface area contributed by atoms with Gasteiger partial charge in [-0.25, -0.2) is 0 Å². The molecule has 0 radical (unpaired) electrons. The summed E-state index contributed by atoms with van der Waals surface area (Å²) in [5.41, 5.74) is 6.95. The Kier molecular flexibility index (Phi) is 6.18. The molecular weight excluding hydrogens is 256 g/mol. The fraction of sp³-hybridized carbons (Fsp3) is 0.467. The predicted octanol–water partition coefficient (Wildman–Crippen LogP) is 1.55. The van der Waals surface area contributed by atoms with Crippen LogP contribution in [-0.4, -0.2) is 23.5 Å². The van der Waals surface area contributed by atoms with E-state index in [0.29, 0.717) is 6.42 Å². The Morgan fingerprint density at radius 3 is 2.40 bits per heavy atom. The number of carbonyl (C=O) groups is 2. The Balaban J connectivity index is 2.57. The molecule has 0 spiro atoms. The Labute approximate surface area is 119 Å². The van der Waals surface area contributed by atoms with Gasteiger partial charge in [-0.3, -0.25) is 9.59 Å². The van der Waals surface area contributed by atoms with E-state index in [1.54, 1.807) is 13.8 Å². The molecule has 110 valence electrons. The lowest BCUT2D eigenvalue weighted by Crippen LogP contribution is -2.39. The SMILES string of the molecule is CCC(CNC(=O)C(C)C(N)c1ccccc1)C(=O)O. The number of hydrogen-bond acceptors (Lipinski definition) is 3. The van der Waals surface area contributed by atoms with Gasteiger partial charge in [0.1, 0.15) is 0 Å². The van der Waals surface area contributed by atoms with Crippen molar-refractivity contribution in [3.63, 3.8) is 0 Å². The molecule has 0 aliphatic rings. The van der Waals surface area contributed by atoms with E-state index in [4.69, 9.17) is 10.8 Å². The molecule has 3 unspecified atom stereocenters. The molecule has 5 heteroatoms. The van der Waals surface area contributed by atoms with E-state index in [2.05, 4.69) is 5.32 Å². The summed E-state index contributed by atoms with van der Waals surface area (Å²) in [5, 5.41) is 11.6. The van der Waals surface area contributed by atoms with E-state index in [-0.39, 0.29) is 12.5 Å². The average Bonchev–Trinajstić information content (AvgIpc) is 2.46. The largest absolute Gasteiger partial charge is 0.481 e. The maximum Gasteiger partial charge on any atom is 0.308 e. The first-order valence-electron chi connectivity index (χ1n) is 6.78. The number of carboxylic acids is 1. The third kappa shape index (κ3) is 4.35. The van der Waals surface area contributed by atoms with Gasteiger partial charge in [-0.05, 0) is 12.0 Å². The Morgan fingerprint density at radius 2 is 1.90 bits per heavy atom. The van der Waals surface area contributed by atoms with Gasteiger partial charge < -0.3 is 16.2 Å². The topological polar surface area (TPSA) is 92.4 Å². The molecule has 3 atom stereocenters. The molecule has 0 aromatic heterocycles. The molecule has 0 bridgehead atoms. The van der Waals surface area contributed by atoms with Gasteiger partial charge >= 0.3 is 5.97 Å². The third-order valence-electron chi connectivity index (χ3n) is 3.50.